The lowest BCUT2D eigenvalue weighted by Gasteiger charge is -2.10. The first-order valence-corrected chi connectivity index (χ1v) is 9.59. The van der Waals surface area contributed by atoms with E-state index in [1.165, 1.54) is 0 Å². The van der Waals surface area contributed by atoms with Crippen LogP contribution in [-0.2, 0) is 6.61 Å². The molecule has 0 saturated carbocycles. The summed E-state index contributed by atoms with van der Waals surface area (Å²) in [6, 6.07) is 15.5. The number of fused-ring (bicyclic) bond motifs is 2. The average Bonchev–Trinajstić information content (AvgIpc) is 3.37. The van der Waals surface area contributed by atoms with E-state index in [1.807, 2.05) is 53.9 Å². The van der Waals surface area contributed by atoms with Crippen LogP contribution in [0.1, 0.15) is 5.56 Å². The Kier molecular flexibility index (Phi) is 4.12. The Morgan fingerprint density at radius 2 is 1.82 bits per heavy atom. The molecule has 0 spiro atoms. The number of thiophene rings is 1. The monoisotopic (exact) mass is 388 g/mol. The molecule has 0 bridgehead atoms. The molecule has 0 fully saturated rings. The minimum atomic E-state index is 0.0206. The van der Waals surface area contributed by atoms with Gasteiger partial charge in [-0.05, 0) is 47.3 Å². The van der Waals surface area contributed by atoms with Crippen molar-refractivity contribution in [2.75, 3.05) is 10.6 Å². The Morgan fingerprint density at radius 1 is 0.964 bits per heavy atom. The van der Waals surface area contributed by atoms with Crippen molar-refractivity contribution in [2.45, 2.75) is 6.61 Å². The van der Waals surface area contributed by atoms with Crippen LogP contribution in [-0.4, -0.2) is 25.3 Å². The van der Waals surface area contributed by atoms with Crippen molar-refractivity contribution in [3.8, 4) is 0 Å². The van der Waals surface area contributed by atoms with E-state index >= 15 is 0 Å². The zero-order chi connectivity index (χ0) is 18.9. The summed E-state index contributed by atoms with van der Waals surface area (Å²) >= 11 is 1.60. The fraction of sp³-hybridized carbons (Fsp3) is 0.0500. The lowest BCUT2D eigenvalue weighted by Crippen LogP contribution is -2.01. The van der Waals surface area contributed by atoms with Crippen molar-refractivity contribution in [1.82, 2.24) is 20.2 Å². The number of nitrogens with zero attached hydrogens (tertiary/aromatic N) is 3. The molecule has 5 rings (SSSR count). The van der Waals surface area contributed by atoms with Crippen LogP contribution in [0.2, 0.25) is 0 Å². The number of anilines is 4. The van der Waals surface area contributed by atoms with Crippen LogP contribution in [0.25, 0.3) is 21.1 Å². The number of aliphatic hydroxyl groups is 1. The van der Waals surface area contributed by atoms with Crippen molar-refractivity contribution < 1.29 is 5.11 Å². The zero-order valence-electron chi connectivity index (χ0n) is 14.7. The predicted molar refractivity (Wildman–Crippen MR) is 112 cm³/mol. The Hall–Kier alpha value is -3.49. The number of benzene rings is 2. The number of aromatic amines is 1. The summed E-state index contributed by atoms with van der Waals surface area (Å²) in [4.78, 5) is 9.28. The topological polar surface area (TPSA) is 98.8 Å². The number of rotatable bonds is 5. The first-order valence-electron chi connectivity index (χ1n) is 8.71. The van der Waals surface area contributed by atoms with Gasteiger partial charge < -0.3 is 15.7 Å². The van der Waals surface area contributed by atoms with E-state index in [-0.39, 0.29) is 6.61 Å². The van der Waals surface area contributed by atoms with Crippen LogP contribution < -0.4 is 10.6 Å². The van der Waals surface area contributed by atoms with Gasteiger partial charge in [0.2, 0.25) is 5.95 Å². The summed E-state index contributed by atoms with van der Waals surface area (Å²) in [5.41, 5.74) is 4.51. The summed E-state index contributed by atoms with van der Waals surface area (Å²) in [6.07, 6.45) is 1.80. The van der Waals surface area contributed by atoms with Gasteiger partial charge in [0, 0.05) is 16.8 Å². The van der Waals surface area contributed by atoms with Gasteiger partial charge in [-0.3, -0.25) is 5.10 Å². The number of nitrogens with one attached hydrogen (secondary N) is 3. The van der Waals surface area contributed by atoms with Gasteiger partial charge in [0.1, 0.15) is 0 Å². The van der Waals surface area contributed by atoms with E-state index in [0.717, 1.165) is 43.9 Å². The Balaban J connectivity index is 1.49. The predicted octanol–water partition coefficient (Wildman–Crippen LogP) is 4.55. The molecule has 0 radical (unpaired) electrons. The molecule has 4 N–H and O–H groups in total. The van der Waals surface area contributed by atoms with Crippen LogP contribution in [0.3, 0.4) is 0 Å². The highest BCUT2D eigenvalue weighted by Gasteiger charge is 2.10. The maximum absolute atomic E-state index is 9.18. The van der Waals surface area contributed by atoms with Gasteiger partial charge in [-0.25, -0.2) is 4.98 Å². The van der Waals surface area contributed by atoms with Crippen LogP contribution >= 0.6 is 11.3 Å². The normalized spacial score (nSPS) is 11.2. The number of H-pyrrole nitrogens is 1. The first kappa shape index (κ1) is 16.7. The van der Waals surface area contributed by atoms with Crippen molar-refractivity contribution in [1.29, 1.82) is 0 Å². The molecule has 2 aromatic carbocycles. The third kappa shape index (κ3) is 3.15. The first-order chi connectivity index (χ1) is 13.8. The molecule has 0 aliphatic carbocycles. The highest BCUT2D eigenvalue weighted by Crippen LogP contribution is 2.31. The molecule has 138 valence electrons. The van der Waals surface area contributed by atoms with E-state index in [9.17, 15) is 5.11 Å². The summed E-state index contributed by atoms with van der Waals surface area (Å²) in [5.74, 6) is 1.26. The van der Waals surface area contributed by atoms with Crippen LogP contribution in [0.4, 0.5) is 23.1 Å². The van der Waals surface area contributed by atoms with E-state index in [1.54, 1.807) is 17.5 Å². The second-order valence-electron chi connectivity index (χ2n) is 6.31. The molecule has 5 aromatic rings. The largest absolute Gasteiger partial charge is 0.392 e. The van der Waals surface area contributed by atoms with Crippen molar-refractivity contribution in [3.05, 3.63) is 65.7 Å². The minimum absolute atomic E-state index is 0.0206. The summed E-state index contributed by atoms with van der Waals surface area (Å²) in [7, 11) is 0. The van der Waals surface area contributed by atoms with Crippen molar-refractivity contribution in [3.63, 3.8) is 0 Å². The quantitative estimate of drug-likeness (QED) is 0.353. The van der Waals surface area contributed by atoms with Gasteiger partial charge in [-0.2, -0.15) is 10.1 Å². The number of aliphatic hydroxyl groups excluding tert-OH is 1. The highest BCUT2D eigenvalue weighted by molar-refractivity contribution is 7.17. The highest BCUT2D eigenvalue weighted by atomic mass is 32.1. The lowest BCUT2D eigenvalue weighted by atomic mass is 10.2. The van der Waals surface area contributed by atoms with Crippen LogP contribution in [0.5, 0.6) is 0 Å². The molecule has 0 aliphatic rings. The molecule has 8 heteroatoms. The molecule has 0 amide bonds. The standard InChI is InChI=1S/C20H16N6OS/c27-11-12-1-3-14(4-2-12)23-20-24-17-7-8-28-18(17)19(25-20)22-15-5-6-16-13(9-15)10-21-26-16/h1-10,27H,11H2,(H,21,26)(H2,22,23,24,25). The maximum atomic E-state index is 9.18. The molecule has 0 atom stereocenters. The molecule has 3 heterocycles. The van der Waals surface area contributed by atoms with Gasteiger partial charge in [-0.15, -0.1) is 11.3 Å². The SMILES string of the molecule is OCc1ccc(Nc2nc(Nc3ccc4[nH]ncc4c3)c3sccc3n2)cc1. The minimum Gasteiger partial charge on any atom is -0.392 e. The fourth-order valence-electron chi connectivity index (χ4n) is 2.98. The Labute approximate surface area is 164 Å². The van der Waals surface area contributed by atoms with Gasteiger partial charge in [0.25, 0.3) is 0 Å². The third-order valence-electron chi connectivity index (χ3n) is 4.40. The van der Waals surface area contributed by atoms with Crippen LogP contribution in [0, 0.1) is 0 Å². The second kappa shape index (κ2) is 6.91. The lowest BCUT2D eigenvalue weighted by molar-refractivity contribution is 0.282. The number of hydrogen-bond acceptors (Lipinski definition) is 7. The Bertz CT molecular complexity index is 1260. The van der Waals surface area contributed by atoms with E-state index in [4.69, 9.17) is 0 Å². The summed E-state index contributed by atoms with van der Waals surface area (Å²) in [5, 5.41) is 25.9. The van der Waals surface area contributed by atoms with Crippen LogP contribution in [0.15, 0.2) is 60.1 Å². The molecule has 0 saturated heterocycles. The van der Waals surface area contributed by atoms with E-state index in [2.05, 4.69) is 30.8 Å². The molecular weight excluding hydrogens is 372 g/mol. The van der Waals surface area contributed by atoms with Gasteiger partial charge in [0.05, 0.1) is 28.5 Å². The molecule has 7 nitrogen and oxygen atoms in total. The molecular formula is C20H16N6OS. The molecule has 0 unspecified atom stereocenters. The summed E-state index contributed by atoms with van der Waals surface area (Å²) in [6.45, 7) is 0.0206. The van der Waals surface area contributed by atoms with Gasteiger partial charge in [-0.1, -0.05) is 12.1 Å². The van der Waals surface area contributed by atoms with Crippen molar-refractivity contribution in [2.24, 2.45) is 0 Å². The fourth-order valence-corrected chi connectivity index (χ4v) is 3.76. The summed E-state index contributed by atoms with van der Waals surface area (Å²) < 4.78 is 0.994. The van der Waals surface area contributed by atoms with Gasteiger partial charge >= 0.3 is 0 Å². The zero-order valence-corrected chi connectivity index (χ0v) is 15.5. The Morgan fingerprint density at radius 3 is 2.68 bits per heavy atom. The van der Waals surface area contributed by atoms with Crippen molar-refractivity contribution >= 4 is 55.6 Å². The third-order valence-corrected chi connectivity index (χ3v) is 5.31. The molecule has 28 heavy (non-hydrogen) atoms. The average molecular weight is 388 g/mol. The molecule has 0 aliphatic heterocycles. The van der Waals surface area contributed by atoms with E-state index in [0.29, 0.717) is 5.95 Å². The molecule has 3 aromatic heterocycles. The maximum Gasteiger partial charge on any atom is 0.229 e. The number of hydrogen-bond donors (Lipinski definition) is 4. The van der Waals surface area contributed by atoms with E-state index < -0.39 is 0 Å². The smallest absolute Gasteiger partial charge is 0.229 e. The number of aromatic nitrogens is 4. The second-order valence-corrected chi connectivity index (χ2v) is 7.22. The van der Waals surface area contributed by atoms with Gasteiger partial charge in [0.15, 0.2) is 5.82 Å².